The molecule has 0 radical (unpaired) electrons. The van der Waals surface area contributed by atoms with Gasteiger partial charge in [0.1, 0.15) is 5.75 Å². The number of anilines is 2. The number of aromatic nitrogens is 1. The van der Waals surface area contributed by atoms with Crippen LogP contribution < -0.4 is 15.4 Å². The summed E-state index contributed by atoms with van der Waals surface area (Å²) in [4.78, 5) is 28.2. The van der Waals surface area contributed by atoms with Gasteiger partial charge in [-0.1, -0.05) is 39.3 Å². The minimum Gasteiger partial charge on any atom is -0.492 e. The third-order valence-electron chi connectivity index (χ3n) is 3.44. The minimum atomic E-state index is -0.214. The van der Waals surface area contributed by atoms with Crippen molar-refractivity contribution < 1.29 is 14.3 Å². The first-order chi connectivity index (χ1) is 12.7. The van der Waals surface area contributed by atoms with Crippen molar-refractivity contribution in [1.82, 2.24) is 4.98 Å². The van der Waals surface area contributed by atoms with Crippen LogP contribution in [-0.2, 0) is 16.0 Å². The lowest BCUT2D eigenvalue weighted by molar-refractivity contribution is -0.119. The summed E-state index contributed by atoms with van der Waals surface area (Å²) < 4.78 is 5.62. The topological polar surface area (TPSA) is 80.3 Å². The fraction of sp³-hybridized carbons (Fsp3) is 0.421. The summed E-state index contributed by atoms with van der Waals surface area (Å²) in [5, 5.41) is 8.21. The van der Waals surface area contributed by atoms with Crippen LogP contribution in [0.5, 0.6) is 5.75 Å². The van der Waals surface area contributed by atoms with Crippen LogP contribution in [0, 0.1) is 11.8 Å². The Labute approximate surface area is 168 Å². The lowest BCUT2D eigenvalue weighted by Gasteiger charge is -2.11. The largest absolute Gasteiger partial charge is 0.492 e. The van der Waals surface area contributed by atoms with Crippen molar-refractivity contribution >= 4 is 45.6 Å². The van der Waals surface area contributed by atoms with E-state index in [0.717, 1.165) is 0 Å². The molecule has 1 heterocycles. The molecule has 0 saturated carbocycles. The van der Waals surface area contributed by atoms with E-state index in [9.17, 15) is 9.59 Å². The molecule has 8 heteroatoms. The molecule has 1 aromatic heterocycles. The van der Waals surface area contributed by atoms with Gasteiger partial charge in [0.2, 0.25) is 11.8 Å². The number of benzene rings is 1. The molecule has 146 valence electrons. The molecule has 0 fully saturated rings. The number of nitrogens with zero attached hydrogens (tertiary/aromatic N) is 1. The maximum absolute atomic E-state index is 12.2. The van der Waals surface area contributed by atoms with Gasteiger partial charge in [-0.25, -0.2) is 4.98 Å². The molecule has 0 atom stereocenters. The normalized spacial score (nSPS) is 10.9. The molecule has 0 aliphatic heterocycles. The van der Waals surface area contributed by atoms with Gasteiger partial charge in [-0.05, 0) is 24.1 Å². The maximum atomic E-state index is 12.2. The smallest absolute Gasteiger partial charge is 0.230 e. The zero-order valence-electron chi connectivity index (χ0n) is 15.8. The van der Waals surface area contributed by atoms with E-state index >= 15 is 0 Å². The highest BCUT2D eigenvalue weighted by molar-refractivity contribution is 7.13. The van der Waals surface area contributed by atoms with Crippen LogP contribution in [0.25, 0.3) is 0 Å². The van der Waals surface area contributed by atoms with E-state index in [2.05, 4.69) is 29.5 Å². The van der Waals surface area contributed by atoms with Crippen molar-refractivity contribution in [2.45, 2.75) is 34.1 Å². The first-order valence-corrected chi connectivity index (χ1v) is 9.97. The van der Waals surface area contributed by atoms with E-state index in [0.29, 0.717) is 39.8 Å². The summed E-state index contributed by atoms with van der Waals surface area (Å²) in [5.74, 6) is 0.545. The minimum absolute atomic E-state index is 0.102. The van der Waals surface area contributed by atoms with Gasteiger partial charge in [-0.15, -0.1) is 11.3 Å². The predicted molar refractivity (Wildman–Crippen MR) is 110 cm³/mol. The third kappa shape index (κ3) is 6.84. The Hall–Kier alpha value is -2.12. The molecule has 2 rings (SSSR count). The number of carbonyl (C=O) groups excluding carboxylic acids is 2. The third-order valence-corrected chi connectivity index (χ3v) is 4.54. The second-order valence-corrected chi connectivity index (χ2v) is 8.13. The number of ether oxygens (including phenoxy) is 1. The average Bonchev–Trinajstić information content (AvgIpc) is 3.00. The Morgan fingerprint density at radius 3 is 2.59 bits per heavy atom. The number of hydrogen-bond acceptors (Lipinski definition) is 5. The van der Waals surface area contributed by atoms with Gasteiger partial charge in [0, 0.05) is 17.0 Å². The van der Waals surface area contributed by atoms with E-state index in [-0.39, 0.29) is 24.2 Å². The number of hydrogen-bond donors (Lipinski definition) is 2. The van der Waals surface area contributed by atoms with E-state index in [1.807, 2.05) is 13.8 Å². The van der Waals surface area contributed by atoms with Crippen LogP contribution in [-0.4, -0.2) is 23.4 Å². The molecule has 2 aromatic rings. The predicted octanol–water partition coefficient (Wildman–Crippen LogP) is 4.61. The number of rotatable bonds is 8. The van der Waals surface area contributed by atoms with Crippen LogP contribution in [0.3, 0.4) is 0 Å². The standard InChI is InChI=1S/C19H24ClN3O3S/c1-11(2)9-26-16-6-5-13(7-15(16)20)21-17(24)8-14-10-27-19(22-14)23-18(25)12(3)4/h5-7,10-12H,8-9H2,1-4H3,(H,21,24)(H,22,23,25). The van der Waals surface area contributed by atoms with Gasteiger partial charge in [0.15, 0.2) is 5.13 Å². The Morgan fingerprint density at radius 1 is 1.22 bits per heavy atom. The molecule has 0 bridgehead atoms. The second-order valence-electron chi connectivity index (χ2n) is 6.86. The molecule has 0 aliphatic carbocycles. The van der Waals surface area contributed by atoms with Crippen molar-refractivity contribution in [2.75, 3.05) is 17.2 Å². The van der Waals surface area contributed by atoms with Crippen LogP contribution in [0.2, 0.25) is 5.02 Å². The van der Waals surface area contributed by atoms with Crippen LogP contribution in [0.15, 0.2) is 23.6 Å². The first kappa shape index (κ1) is 21.2. The summed E-state index contributed by atoms with van der Waals surface area (Å²) in [6.07, 6.45) is 0.108. The molecule has 2 N–H and O–H groups in total. The molecular weight excluding hydrogens is 386 g/mol. The van der Waals surface area contributed by atoms with Crippen LogP contribution in [0.4, 0.5) is 10.8 Å². The van der Waals surface area contributed by atoms with Gasteiger partial charge in [0.05, 0.1) is 23.7 Å². The summed E-state index contributed by atoms with van der Waals surface area (Å²) in [6, 6.07) is 5.14. The van der Waals surface area contributed by atoms with E-state index in [1.165, 1.54) is 11.3 Å². The zero-order chi connectivity index (χ0) is 20.0. The molecule has 0 aliphatic rings. The second kappa shape index (κ2) is 9.71. The highest BCUT2D eigenvalue weighted by Crippen LogP contribution is 2.28. The quantitative estimate of drug-likeness (QED) is 0.667. The number of amides is 2. The first-order valence-electron chi connectivity index (χ1n) is 8.72. The number of carbonyl (C=O) groups is 2. The Morgan fingerprint density at radius 2 is 1.96 bits per heavy atom. The number of halogens is 1. The van der Waals surface area contributed by atoms with E-state index in [1.54, 1.807) is 23.6 Å². The highest BCUT2D eigenvalue weighted by atomic mass is 35.5. The fourth-order valence-corrected chi connectivity index (χ4v) is 2.97. The lowest BCUT2D eigenvalue weighted by Crippen LogP contribution is -2.18. The van der Waals surface area contributed by atoms with Crippen molar-refractivity contribution in [2.24, 2.45) is 11.8 Å². The Bertz CT molecular complexity index is 805. The van der Waals surface area contributed by atoms with Crippen molar-refractivity contribution in [3.05, 3.63) is 34.3 Å². The molecule has 27 heavy (non-hydrogen) atoms. The maximum Gasteiger partial charge on any atom is 0.230 e. The molecule has 0 unspecified atom stereocenters. The Balaban J connectivity index is 1.91. The Kier molecular flexibility index (Phi) is 7.62. The van der Waals surface area contributed by atoms with Crippen molar-refractivity contribution in [3.8, 4) is 5.75 Å². The van der Waals surface area contributed by atoms with Gasteiger partial charge in [-0.3, -0.25) is 9.59 Å². The SMILES string of the molecule is CC(C)COc1ccc(NC(=O)Cc2csc(NC(=O)C(C)C)n2)cc1Cl. The van der Waals surface area contributed by atoms with E-state index < -0.39 is 0 Å². The number of nitrogens with one attached hydrogen (secondary N) is 2. The lowest BCUT2D eigenvalue weighted by atomic mass is 10.2. The van der Waals surface area contributed by atoms with Crippen molar-refractivity contribution in [1.29, 1.82) is 0 Å². The monoisotopic (exact) mass is 409 g/mol. The highest BCUT2D eigenvalue weighted by Gasteiger charge is 2.13. The van der Waals surface area contributed by atoms with Gasteiger partial charge in [-0.2, -0.15) is 0 Å². The van der Waals surface area contributed by atoms with Gasteiger partial charge in [0.25, 0.3) is 0 Å². The summed E-state index contributed by atoms with van der Waals surface area (Å²) >= 11 is 7.50. The van der Waals surface area contributed by atoms with Crippen molar-refractivity contribution in [3.63, 3.8) is 0 Å². The molecule has 6 nitrogen and oxygen atoms in total. The van der Waals surface area contributed by atoms with Crippen LogP contribution >= 0.6 is 22.9 Å². The molecule has 0 spiro atoms. The summed E-state index contributed by atoms with van der Waals surface area (Å²) in [7, 11) is 0. The van der Waals surface area contributed by atoms with Crippen LogP contribution in [0.1, 0.15) is 33.4 Å². The van der Waals surface area contributed by atoms with Gasteiger partial charge >= 0.3 is 0 Å². The summed E-state index contributed by atoms with van der Waals surface area (Å²) in [6.45, 7) is 8.30. The van der Waals surface area contributed by atoms with E-state index in [4.69, 9.17) is 16.3 Å². The summed E-state index contributed by atoms with van der Waals surface area (Å²) in [5.41, 5.74) is 1.19. The van der Waals surface area contributed by atoms with Gasteiger partial charge < -0.3 is 15.4 Å². The molecular formula is C19H24ClN3O3S. The average molecular weight is 410 g/mol. The zero-order valence-corrected chi connectivity index (χ0v) is 17.4. The molecule has 0 saturated heterocycles. The molecule has 1 aromatic carbocycles. The number of thiazole rings is 1. The fourth-order valence-electron chi connectivity index (χ4n) is 2.02. The molecule has 2 amide bonds.